The molecule has 4 heterocycles. The average molecular weight is 740 g/mol. The van der Waals surface area contributed by atoms with Crippen LogP contribution in [0.4, 0.5) is 0 Å². The van der Waals surface area contributed by atoms with Crippen LogP contribution in [0.1, 0.15) is 51.0 Å². The number of hydrogen-bond acceptors (Lipinski definition) is 11. The molecule has 0 spiro atoms. The number of methoxy groups -OCH3 is 2. The number of aliphatic hydroxyl groups is 3. The number of fused-ring (bicyclic) bond motifs is 2. The number of hydrogen-bond donors (Lipinski definition) is 3. The SMILES string of the molecule is COc1ccc2cc1Oc1ccc(cc1)C[C@H]1c3cc(c(CO)cc3CCN1C)Oc1c(OCC(O)CN(C)CCO)c(OC)cc3c1[C@H](C2)N(C)CC3. The summed E-state index contributed by atoms with van der Waals surface area (Å²) in [5.41, 5.74) is 7.33. The molecule has 11 heteroatoms. The van der Waals surface area contributed by atoms with Gasteiger partial charge >= 0.3 is 0 Å². The van der Waals surface area contributed by atoms with Gasteiger partial charge in [0.05, 0.1) is 27.4 Å². The van der Waals surface area contributed by atoms with Gasteiger partial charge in [0.1, 0.15) is 24.2 Å². The normalized spacial score (nSPS) is 18.9. The molecule has 0 saturated carbocycles. The number of aliphatic hydroxyl groups excluding tert-OH is 3. The van der Waals surface area contributed by atoms with Gasteiger partial charge in [-0.15, -0.1) is 0 Å². The largest absolute Gasteiger partial charge is 0.493 e. The van der Waals surface area contributed by atoms with E-state index in [0.717, 1.165) is 60.4 Å². The molecule has 288 valence electrons. The van der Waals surface area contributed by atoms with Crippen molar-refractivity contribution in [3.8, 4) is 40.2 Å². The molecule has 4 aromatic carbocycles. The molecule has 4 aliphatic heterocycles. The molecule has 8 rings (SSSR count). The van der Waals surface area contributed by atoms with E-state index in [4.69, 9.17) is 23.7 Å². The van der Waals surface area contributed by atoms with Gasteiger partial charge in [-0.05, 0) is 117 Å². The first-order chi connectivity index (χ1) is 26.2. The molecule has 4 aliphatic rings. The van der Waals surface area contributed by atoms with Crippen LogP contribution in [0.2, 0.25) is 0 Å². The predicted octanol–water partition coefficient (Wildman–Crippen LogP) is 5.30. The van der Waals surface area contributed by atoms with Gasteiger partial charge in [0.25, 0.3) is 0 Å². The summed E-state index contributed by atoms with van der Waals surface area (Å²) < 4.78 is 31.9. The van der Waals surface area contributed by atoms with Crippen molar-refractivity contribution in [1.82, 2.24) is 14.7 Å². The molecule has 6 bridgehead atoms. The first-order valence-electron chi connectivity index (χ1n) is 18.8. The molecule has 0 aliphatic carbocycles. The summed E-state index contributed by atoms with van der Waals surface area (Å²) in [7, 11) is 9.39. The molecule has 0 fully saturated rings. The minimum atomic E-state index is -0.841. The minimum absolute atomic E-state index is 0.00574. The first-order valence-corrected chi connectivity index (χ1v) is 18.8. The third-order valence-electron chi connectivity index (χ3n) is 11.1. The average Bonchev–Trinajstić information content (AvgIpc) is 3.16. The Morgan fingerprint density at radius 2 is 1.52 bits per heavy atom. The van der Waals surface area contributed by atoms with Gasteiger partial charge in [-0.25, -0.2) is 0 Å². The molecule has 11 nitrogen and oxygen atoms in total. The lowest BCUT2D eigenvalue weighted by molar-refractivity contribution is 0.0689. The fraction of sp³-hybridized carbons (Fsp3) is 0.442. The Bertz CT molecular complexity index is 1940. The van der Waals surface area contributed by atoms with E-state index in [-0.39, 0.29) is 31.9 Å². The molecule has 3 N–H and O–H groups in total. The Labute approximate surface area is 318 Å². The summed E-state index contributed by atoms with van der Waals surface area (Å²) in [5.74, 6) is 3.98. The van der Waals surface area contributed by atoms with E-state index in [1.165, 1.54) is 11.1 Å². The van der Waals surface area contributed by atoms with E-state index in [1.807, 2.05) is 42.3 Å². The van der Waals surface area contributed by atoms with E-state index in [9.17, 15) is 15.3 Å². The zero-order chi connectivity index (χ0) is 37.9. The molecule has 0 aromatic heterocycles. The van der Waals surface area contributed by atoms with Crippen molar-refractivity contribution in [2.45, 2.75) is 50.5 Å². The van der Waals surface area contributed by atoms with Crippen molar-refractivity contribution in [1.29, 1.82) is 0 Å². The number of likely N-dealkylation sites (N-methyl/N-ethyl adjacent to an activating group) is 3. The zero-order valence-corrected chi connectivity index (χ0v) is 32.0. The van der Waals surface area contributed by atoms with Gasteiger partial charge < -0.3 is 43.9 Å². The van der Waals surface area contributed by atoms with Crippen LogP contribution in [-0.2, 0) is 32.3 Å². The highest BCUT2D eigenvalue weighted by atomic mass is 16.5. The number of ether oxygens (including phenoxy) is 5. The van der Waals surface area contributed by atoms with E-state index in [2.05, 4.69) is 54.2 Å². The quantitative estimate of drug-likeness (QED) is 0.197. The lowest BCUT2D eigenvalue weighted by Gasteiger charge is -2.38. The highest BCUT2D eigenvalue weighted by Gasteiger charge is 2.35. The second kappa shape index (κ2) is 16.6. The molecule has 3 atom stereocenters. The monoisotopic (exact) mass is 739 g/mol. The number of benzene rings is 4. The van der Waals surface area contributed by atoms with Gasteiger partial charge in [-0.3, -0.25) is 9.80 Å². The molecule has 54 heavy (non-hydrogen) atoms. The lowest BCUT2D eigenvalue weighted by atomic mass is 9.86. The van der Waals surface area contributed by atoms with Crippen LogP contribution >= 0.6 is 0 Å². The summed E-state index contributed by atoms with van der Waals surface area (Å²) in [6, 6.07) is 20.5. The van der Waals surface area contributed by atoms with E-state index < -0.39 is 6.10 Å². The maximum Gasteiger partial charge on any atom is 0.204 e. The first kappa shape index (κ1) is 37.9. The molecule has 4 aromatic rings. The van der Waals surface area contributed by atoms with E-state index in [1.54, 1.807) is 14.2 Å². The second-order valence-electron chi connectivity index (χ2n) is 14.8. The van der Waals surface area contributed by atoms with Crippen molar-refractivity contribution < 1.29 is 39.0 Å². The summed E-state index contributed by atoms with van der Waals surface area (Å²) >= 11 is 0. The van der Waals surface area contributed by atoms with E-state index in [0.29, 0.717) is 59.6 Å². The Kier molecular flexibility index (Phi) is 11.6. The van der Waals surface area contributed by atoms with Crippen molar-refractivity contribution in [3.63, 3.8) is 0 Å². The Hall–Kier alpha value is -4.36. The molecular formula is C43H53N3O8. The van der Waals surface area contributed by atoms with Crippen LogP contribution in [0.5, 0.6) is 40.2 Å². The Balaban J connectivity index is 1.42. The van der Waals surface area contributed by atoms with Crippen LogP contribution in [-0.4, -0.2) is 111 Å². The van der Waals surface area contributed by atoms with Gasteiger partial charge in [0, 0.05) is 49.4 Å². The van der Waals surface area contributed by atoms with Gasteiger partial charge in [-0.1, -0.05) is 18.2 Å². The third-order valence-corrected chi connectivity index (χ3v) is 11.1. The van der Waals surface area contributed by atoms with Crippen molar-refractivity contribution in [3.05, 3.63) is 99.6 Å². The van der Waals surface area contributed by atoms with Gasteiger partial charge in [0.2, 0.25) is 5.75 Å². The topological polar surface area (TPSA) is 117 Å². The van der Waals surface area contributed by atoms with Gasteiger partial charge in [-0.2, -0.15) is 0 Å². The van der Waals surface area contributed by atoms with Crippen LogP contribution in [0.3, 0.4) is 0 Å². The number of nitrogens with zero attached hydrogens (tertiary/aromatic N) is 3. The molecule has 0 radical (unpaired) electrons. The highest BCUT2D eigenvalue weighted by Crippen LogP contribution is 2.51. The smallest absolute Gasteiger partial charge is 0.204 e. The predicted molar refractivity (Wildman–Crippen MR) is 207 cm³/mol. The second-order valence-corrected chi connectivity index (χ2v) is 14.8. The lowest BCUT2D eigenvalue weighted by Crippen LogP contribution is -2.35. The zero-order valence-electron chi connectivity index (χ0n) is 32.0. The van der Waals surface area contributed by atoms with Crippen LogP contribution in [0.25, 0.3) is 0 Å². The highest BCUT2D eigenvalue weighted by molar-refractivity contribution is 5.63. The van der Waals surface area contributed by atoms with Crippen molar-refractivity contribution >= 4 is 0 Å². The Morgan fingerprint density at radius 3 is 2.24 bits per heavy atom. The van der Waals surface area contributed by atoms with Gasteiger partial charge in [0.15, 0.2) is 23.0 Å². The Morgan fingerprint density at radius 1 is 0.815 bits per heavy atom. The molecule has 0 saturated heterocycles. The van der Waals surface area contributed by atoms with Crippen molar-refractivity contribution in [2.24, 2.45) is 0 Å². The maximum atomic E-state index is 11.0. The molecular weight excluding hydrogens is 686 g/mol. The standard InChI is InChI=1S/C43H53N3O8/c1-44(16-17-47)24-32(49)26-52-42-40(51-5)22-30-13-15-46(3)36-19-28-8-11-37(50-4)39(20-28)53-33-9-6-27(7-10-33)18-35-34-23-38(54-43(42)41(30)36)31(25-48)21-29(34)12-14-45(35)2/h6-11,20-23,32,35-36,47-49H,12-19,24-26H2,1-5H3/t32?,35-,36-/m0/s1. The minimum Gasteiger partial charge on any atom is -0.493 e. The van der Waals surface area contributed by atoms with Crippen LogP contribution < -0.4 is 23.7 Å². The van der Waals surface area contributed by atoms with Crippen molar-refractivity contribution in [2.75, 3.05) is 74.8 Å². The fourth-order valence-corrected chi connectivity index (χ4v) is 8.13. The molecule has 0 amide bonds. The van der Waals surface area contributed by atoms with Crippen LogP contribution in [0, 0.1) is 0 Å². The summed E-state index contributed by atoms with van der Waals surface area (Å²) in [6.07, 6.45) is 2.19. The summed E-state index contributed by atoms with van der Waals surface area (Å²) in [5, 5.41) is 31.3. The molecule has 1 unspecified atom stereocenters. The van der Waals surface area contributed by atoms with Crippen LogP contribution in [0.15, 0.2) is 60.7 Å². The third kappa shape index (κ3) is 7.89. The van der Waals surface area contributed by atoms with E-state index >= 15 is 0 Å². The summed E-state index contributed by atoms with van der Waals surface area (Å²) in [4.78, 5) is 6.57. The maximum absolute atomic E-state index is 11.0. The summed E-state index contributed by atoms with van der Waals surface area (Å²) in [6.45, 7) is 2.23. The number of rotatable bonds is 10. The fourth-order valence-electron chi connectivity index (χ4n) is 8.13.